The maximum absolute atomic E-state index is 12.1. The molecule has 0 spiro atoms. The number of nitrogens with zero attached hydrogens (tertiary/aromatic N) is 3. The summed E-state index contributed by atoms with van der Waals surface area (Å²) >= 11 is 0. The molecule has 1 atom stereocenters. The van der Waals surface area contributed by atoms with Gasteiger partial charge in [0.1, 0.15) is 0 Å². The average molecular weight is 385 g/mol. The van der Waals surface area contributed by atoms with Gasteiger partial charge in [-0.25, -0.2) is 0 Å². The predicted octanol–water partition coefficient (Wildman–Crippen LogP) is 4.38. The minimum absolute atomic E-state index is 0.00817. The maximum Gasteiger partial charge on any atom is 0.223 e. The molecular formula is C24H23N3O2. The van der Waals surface area contributed by atoms with E-state index < -0.39 is 0 Å². The molecule has 1 N–H and O–H groups in total. The van der Waals surface area contributed by atoms with E-state index in [2.05, 4.69) is 17.1 Å². The predicted molar refractivity (Wildman–Crippen MR) is 117 cm³/mol. The van der Waals surface area contributed by atoms with Gasteiger partial charge in [-0.1, -0.05) is 36.4 Å². The van der Waals surface area contributed by atoms with Crippen LogP contribution in [-0.2, 0) is 0 Å². The maximum atomic E-state index is 12.1. The Bertz CT molecular complexity index is 1240. The summed E-state index contributed by atoms with van der Waals surface area (Å²) in [5, 5.41) is 12.3. The molecule has 2 aromatic carbocycles. The molecule has 29 heavy (non-hydrogen) atoms. The summed E-state index contributed by atoms with van der Waals surface area (Å²) in [7, 11) is 3.93. The van der Waals surface area contributed by atoms with Gasteiger partial charge in [0, 0.05) is 46.8 Å². The van der Waals surface area contributed by atoms with Gasteiger partial charge >= 0.3 is 0 Å². The molecule has 0 aliphatic rings. The average Bonchev–Trinajstić information content (AvgIpc) is 2.74. The topological polar surface area (TPSA) is 58.4 Å². The number of pyridine rings is 2. The van der Waals surface area contributed by atoms with Crippen molar-refractivity contribution in [2.75, 3.05) is 14.1 Å². The van der Waals surface area contributed by atoms with E-state index in [4.69, 9.17) is 0 Å². The lowest BCUT2D eigenvalue weighted by atomic mass is 10.0. The second-order valence-corrected chi connectivity index (χ2v) is 7.42. The molecule has 0 radical (unpaired) electrons. The van der Waals surface area contributed by atoms with E-state index in [0.717, 1.165) is 33.3 Å². The lowest BCUT2D eigenvalue weighted by molar-refractivity contribution is 0.310. The molecule has 0 saturated carbocycles. The van der Waals surface area contributed by atoms with Crippen molar-refractivity contribution in [1.82, 2.24) is 14.5 Å². The van der Waals surface area contributed by atoms with Crippen LogP contribution in [0.25, 0.3) is 27.6 Å². The fourth-order valence-corrected chi connectivity index (χ4v) is 3.52. The first kappa shape index (κ1) is 18.9. The van der Waals surface area contributed by atoms with Gasteiger partial charge in [-0.2, -0.15) is 0 Å². The van der Waals surface area contributed by atoms with E-state index in [0.29, 0.717) is 0 Å². The zero-order valence-electron chi connectivity index (χ0n) is 16.7. The largest absolute Gasteiger partial charge is 0.503 e. The summed E-state index contributed by atoms with van der Waals surface area (Å²) < 4.78 is 1.88. The van der Waals surface area contributed by atoms with Crippen LogP contribution in [0.2, 0.25) is 0 Å². The highest BCUT2D eigenvalue weighted by molar-refractivity contribution is 5.95. The number of hydrogen-bond donors (Lipinski definition) is 1. The number of fused-ring (bicyclic) bond motifs is 1. The molecular weight excluding hydrogens is 362 g/mol. The van der Waals surface area contributed by atoms with Crippen molar-refractivity contribution in [3.8, 4) is 22.6 Å². The summed E-state index contributed by atoms with van der Waals surface area (Å²) in [6, 6.07) is 17.7. The van der Waals surface area contributed by atoms with Crippen molar-refractivity contribution in [3.63, 3.8) is 0 Å². The molecule has 5 nitrogen and oxygen atoms in total. The van der Waals surface area contributed by atoms with Crippen molar-refractivity contribution in [3.05, 3.63) is 89.1 Å². The second-order valence-electron chi connectivity index (χ2n) is 7.42. The Labute approximate surface area is 169 Å². The molecule has 2 heterocycles. The Morgan fingerprint density at radius 1 is 1.03 bits per heavy atom. The minimum atomic E-state index is -0.376. The number of aromatic nitrogens is 2. The molecule has 0 amide bonds. The lowest BCUT2D eigenvalue weighted by Gasteiger charge is -2.24. The first-order valence-corrected chi connectivity index (χ1v) is 9.51. The fraction of sp³-hybridized carbons (Fsp3) is 0.167. The van der Waals surface area contributed by atoms with Crippen LogP contribution in [0.4, 0.5) is 0 Å². The molecule has 0 saturated heterocycles. The molecule has 0 bridgehead atoms. The van der Waals surface area contributed by atoms with Gasteiger partial charge in [-0.15, -0.1) is 0 Å². The van der Waals surface area contributed by atoms with E-state index in [1.807, 2.05) is 79.3 Å². The van der Waals surface area contributed by atoms with Crippen molar-refractivity contribution in [2.45, 2.75) is 13.0 Å². The molecule has 1 unspecified atom stereocenters. The van der Waals surface area contributed by atoms with Gasteiger partial charge in [-0.3, -0.25) is 9.78 Å². The Morgan fingerprint density at radius 3 is 2.62 bits per heavy atom. The molecule has 2 aromatic heterocycles. The van der Waals surface area contributed by atoms with Crippen LogP contribution >= 0.6 is 0 Å². The van der Waals surface area contributed by atoms with E-state index in [1.54, 1.807) is 0 Å². The highest BCUT2D eigenvalue weighted by Gasteiger charge is 2.16. The molecule has 4 rings (SSSR count). The summed E-state index contributed by atoms with van der Waals surface area (Å²) in [4.78, 5) is 18.5. The number of hydrogen-bond acceptors (Lipinski definition) is 4. The summed E-state index contributed by atoms with van der Waals surface area (Å²) in [6.45, 7) is 2.03. The highest BCUT2D eigenvalue weighted by Crippen LogP contribution is 2.30. The quantitative estimate of drug-likeness (QED) is 0.566. The summed E-state index contributed by atoms with van der Waals surface area (Å²) in [5.74, 6) is -0.267. The fourth-order valence-electron chi connectivity index (χ4n) is 3.52. The van der Waals surface area contributed by atoms with Gasteiger partial charge < -0.3 is 14.6 Å². The van der Waals surface area contributed by atoms with Crippen molar-refractivity contribution >= 4 is 10.8 Å². The van der Waals surface area contributed by atoms with Gasteiger partial charge in [0.05, 0.1) is 6.20 Å². The number of rotatable bonds is 4. The summed E-state index contributed by atoms with van der Waals surface area (Å²) in [5.41, 5.74) is 3.37. The Morgan fingerprint density at radius 2 is 1.83 bits per heavy atom. The smallest absolute Gasteiger partial charge is 0.223 e. The van der Waals surface area contributed by atoms with E-state index in [-0.39, 0.29) is 17.2 Å². The Kier molecular flexibility index (Phi) is 4.91. The van der Waals surface area contributed by atoms with Crippen molar-refractivity contribution in [1.29, 1.82) is 0 Å². The van der Waals surface area contributed by atoms with Gasteiger partial charge in [0.15, 0.2) is 5.75 Å². The monoisotopic (exact) mass is 385 g/mol. The van der Waals surface area contributed by atoms with Crippen LogP contribution in [0.1, 0.15) is 18.7 Å². The van der Waals surface area contributed by atoms with Gasteiger partial charge in [0.2, 0.25) is 5.43 Å². The second kappa shape index (κ2) is 7.53. The molecule has 146 valence electrons. The Hall–Kier alpha value is -3.44. The summed E-state index contributed by atoms with van der Waals surface area (Å²) in [6.07, 6.45) is 5.23. The van der Waals surface area contributed by atoms with Gasteiger partial charge in [0.25, 0.3) is 0 Å². The van der Waals surface area contributed by atoms with Crippen LogP contribution in [0.3, 0.4) is 0 Å². The van der Waals surface area contributed by atoms with E-state index in [1.165, 1.54) is 12.3 Å². The van der Waals surface area contributed by atoms with Crippen molar-refractivity contribution in [2.24, 2.45) is 0 Å². The molecule has 4 aromatic rings. The molecule has 0 aliphatic heterocycles. The Balaban J connectivity index is 1.91. The standard InChI is InChI=1S/C24H23N3O2/c1-16(26(2)3)22-12-23(28)24(29)15-27(22)19-9-6-8-17(11-19)21-14-25-13-18-7-4-5-10-20(18)21/h4-16,29H,1-3H3. The normalized spacial score (nSPS) is 12.4. The molecule has 0 fully saturated rings. The van der Waals surface area contributed by atoms with E-state index in [9.17, 15) is 9.90 Å². The van der Waals surface area contributed by atoms with Crippen molar-refractivity contribution < 1.29 is 5.11 Å². The van der Waals surface area contributed by atoms with Gasteiger partial charge in [-0.05, 0) is 44.1 Å². The zero-order chi connectivity index (χ0) is 20.5. The minimum Gasteiger partial charge on any atom is -0.503 e. The third-order valence-corrected chi connectivity index (χ3v) is 5.37. The molecule has 0 aliphatic carbocycles. The molecule has 5 heteroatoms. The SMILES string of the molecule is CC(c1cc(=O)c(O)cn1-c1cccc(-c2cncc3ccccc23)c1)N(C)C. The number of aromatic hydroxyl groups is 1. The lowest BCUT2D eigenvalue weighted by Crippen LogP contribution is -2.23. The number of benzene rings is 2. The third-order valence-electron chi connectivity index (χ3n) is 5.37. The van der Waals surface area contributed by atoms with Crippen LogP contribution in [-0.4, -0.2) is 33.7 Å². The first-order chi connectivity index (χ1) is 14.0. The third kappa shape index (κ3) is 3.52. The zero-order valence-corrected chi connectivity index (χ0v) is 16.7. The highest BCUT2D eigenvalue weighted by atomic mass is 16.3. The van der Waals surface area contributed by atoms with Crippen LogP contribution in [0.15, 0.2) is 78.0 Å². The van der Waals surface area contributed by atoms with Crippen LogP contribution in [0, 0.1) is 0 Å². The van der Waals surface area contributed by atoms with Crippen LogP contribution < -0.4 is 5.43 Å². The first-order valence-electron chi connectivity index (χ1n) is 9.51. The van der Waals surface area contributed by atoms with E-state index >= 15 is 0 Å². The van der Waals surface area contributed by atoms with Crippen LogP contribution in [0.5, 0.6) is 5.75 Å².